The fourth-order valence-corrected chi connectivity index (χ4v) is 3.80. The summed E-state index contributed by atoms with van der Waals surface area (Å²) in [5.41, 5.74) is 7.49. The number of fused-ring (bicyclic) bond motifs is 1. The van der Waals surface area contributed by atoms with Gasteiger partial charge in [-0.1, -0.05) is 19.8 Å². The van der Waals surface area contributed by atoms with E-state index in [-0.39, 0.29) is 6.04 Å². The average Bonchev–Trinajstić information content (AvgIpc) is 2.92. The van der Waals surface area contributed by atoms with Gasteiger partial charge in [0.25, 0.3) is 0 Å². The first kappa shape index (κ1) is 11.2. The van der Waals surface area contributed by atoms with Crippen molar-refractivity contribution in [3.05, 3.63) is 23.5 Å². The van der Waals surface area contributed by atoms with Crippen LogP contribution in [0.2, 0.25) is 0 Å². The maximum Gasteiger partial charge on any atom is 0.193 e. The number of thiazole rings is 1. The molecule has 2 N–H and O–H groups in total. The molecule has 92 valence electrons. The van der Waals surface area contributed by atoms with E-state index in [0.717, 1.165) is 23.0 Å². The van der Waals surface area contributed by atoms with Crippen molar-refractivity contribution in [1.82, 2.24) is 9.38 Å². The van der Waals surface area contributed by atoms with Gasteiger partial charge in [-0.3, -0.25) is 4.40 Å². The molecule has 1 aliphatic rings. The van der Waals surface area contributed by atoms with Crippen LogP contribution in [0.15, 0.2) is 17.8 Å². The summed E-state index contributed by atoms with van der Waals surface area (Å²) in [6, 6.07) is 0.275. The van der Waals surface area contributed by atoms with Crippen molar-refractivity contribution < 1.29 is 0 Å². The summed E-state index contributed by atoms with van der Waals surface area (Å²) < 4.78 is 2.09. The van der Waals surface area contributed by atoms with E-state index >= 15 is 0 Å². The number of hydrogen-bond donors (Lipinski definition) is 1. The van der Waals surface area contributed by atoms with Crippen LogP contribution in [0.4, 0.5) is 0 Å². The largest absolute Gasteiger partial charge is 0.327 e. The Bertz CT molecular complexity index is 473. The van der Waals surface area contributed by atoms with Crippen LogP contribution < -0.4 is 5.73 Å². The molecular weight excluding hydrogens is 230 g/mol. The first-order valence-corrected chi connectivity index (χ1v) is 7.28. The minimum Gasteiger partial charge on any atom is -0.327 e. The zero-order valence-corrected chi connectivity index (χ0v) is 11.0. The van der Waals surface area contributed by atoms with Crippen LogP contribution in [-0.2, 0) is 6.42 Å². The Morgan fingerprint density at radius 1 is 1.59 bits per heavy atom. The molecule has 2 aromatic heterocycles. The molecule has 4 heteroatoms. The second-order valence-electron chi connectivity index (χ2n) is 5.27. The van der Waals surface area contributed by atoms with Gasteiger partial charge in [0, 0.05) is 30.2 Å². The van der Waals surface area contributed by atoms with E-state index in [9.17, 15) is 0 Å². The van der Waals surface area contributed by atoms with Crippen LogP contribution in [-0.4, -0.2) is 15.4 Å². The van der Waals surface area contributed by atoms with Gasteiger partial charge in [0.15, 0.2) is 4.96 Å². The Morgan fingerprint density at radius 2 is 2.47 bits per heavy atom. The number of aromatic nitrogens is 2. The van der Waals surface area contributed by atoms with E-state index in [0.29, 0.717) is 5.92 Å². The molecule has 3 atom stereocenters. The lowest BCUT2D eigenvalue weighted by molar-refractivity contribution is 0.342. The predicted molar refractivity (Wildman–Crippen MR) is 71.3 cm³/mol. The van der Waals surface area contributed by atoms with Crippen LogP contribution >= 0.6 is 11.3 Å². The predicted octanol–water partition coefficient (Wildman–Crippen LogP) is 2.70. The van der Waals surface area contributed by atoms with Crippen molar-refractivity contribution in [1.29, 1.82) is 0 Å². The number of nitrogens with zero attached hydrogens (tertiary/aromatic N) is 2. The van der Waals surface area contributed by atoms with Crippen LogP contribution in [0, 0.1) is 11.8 Å². The maximum absolute atomic E-state index is 6.35. The molecule has 17 heavy (non-hydrogen) atoms. The number of hydrogen-bond acceptors (Lipinski definition) is 3. The van der Waals surface area contributed by atoms with Crippen molar-refractivity contribution >= 4 is 16.3 Å². The molecule has 0 radical (unpaired) electrons. The summed E-state index contributed by atoms with van der Waals surface area (Å²) in [4.78, 5) is 5.69. The van der Waals surface area contributed by atoms with Crippen LogP contribution in [0.1, 0.15) is 31.9 Å². The Hall–Kier alpha value is -0.870. The van der Waals surface area contributed by atoms with Gasteiger partial charge in [-0.15, -0.1) is 11.3 Å². The average molecular weight is 249 g/mol. The molecule has 0 amide bonds. The fraction of sp³-hybridized carbons (Fsp3) is 0.615. The highest BCUT2D eigenvalue weighted by atomic mass is 32.1. The molecule has 1 fully saturated rings. The Kier molecular flexibility index (Phi) is 2.92. The lowest BCUT2D eigenvalue weighted by Crippen LogP contribution is -2.33. The van der Waals surface area contributed by atoms with Crippen LogP contribution in [0.5, 0.6) is 0 Å². The molecule has 0 spiro atoms. The van der Waals surface area contributed by atoms with E-state index < -0.39 is 0 Å². The minimum atomic E-state index is 0.275. The van der Waals surface area contributed by atoms with Gasteiger partial charge >= 0.3 is 0 Å². The van der Waals surface area contributed by atoms with Gasteiger partial charge in [0.1, 0.15) is 0 Å². The highest BCUT2D eigenvalue weighted by Crippen LogP contribution is 2.33. The fourth-order valence-electron chi connectivity index (χ4n) is 3.08. The number of rotatable bonds is 3. The molecule has 2 aromatic rings. The first-order chi connectivity index (χ1) is 8.24. The molecule has 1 saturated carbocycles. The molecule has 1 aliphatic carbocycles. The summed E-state index contributed by atoms with van der Waals surface area (Å²) >= 11 is 1.68. The SMILES string of the molecule is CC1CCCC1C(N)Cc1cn2ccsc2n1. The van der Waals surface area contributed by atoms with Crippen LogP contribution in [0.25, 0.3) is 4.96 Å². The molecule has 2 heterocycles. The molecule has 0 saturated heterocycles. The van der Waals surface area contributed by atoms with Gasteiger partial charge in [-0.05, 0) is 18.3 Å². The standard InChI is InChI=1S/C13H19N3S/c1-9-3-2-4-11(9)12(14)7-10-8-16-5-6-17-13(16)15-10/h5-6,8-9,11-12H,2-4,7,14H2,1H3. The molecule has 0 aromatic carbocycles. The van der Waals surface area contributed by atoms with Gasteiger partial charge in [-0.2, -0.15) is 0 Å². The van der Waals surface area contributed by atoms with E-state index in [1.54, 1.807) is 11.3 Å². The molecule has 0 bridgehead atoms. The minimum absolute atomic E-state index is 0.275. The van der Waals surface area contributed by atoms with Crippen molar-refractivity contribution in [3.63, 3.8) is 0 Å². The first-order valence-electron chi connectivity index (χ1n) is 6.40. The normalized spacial score (nSPS) is 26.7. The molecule has 3 nitrogen and oxygen atoms in total. The highest BCUT2D eigenvalue weighted by Gasteiger charge is 2.29. The van der Waals surface area contributed by atoms with E-state index in [4.69, 9.17) is 5.73 Å². The topological polar surface area (TPSA) is 43.3 Å². The van der Waals surface area contributed by atoms with E-state index in [1.807, 2.05) is 0 Å². The van der Waals surface area contributed by atoms with Gasteiger partial charge < -0.3 is 5.73 Å². The third-order valence-electron chi connectivity index (χ3n) is 4.07. The van der Waals surface area contributed by atoms with E-state index in [1.165, 1.54) is 19.3 Å². The third kappa shape index (κ3) is 2.11. The summed E-state index contributed by atoms with van der Waals surface area (Å²) in [5, 5.41) is 2.06. The maximum atomic E-state index is 6.35. The van der Waals surface area contributed by atoms with Crippen molar-refractivity contribution in [2.24, 2.45) is 17.6 Å². The molecule has 0 aliphatic heterocycles. The second-order valence-corrected chi connectivity index (χ2v) is 6.14. The molecule has 3 unspecified atom stereocenters. The summed E-state index contributed by atoms with van der Waals surface area (Å²) in [7, 11) is 0. The molecule has 3 rings (SSSR count). The van der Waals surface area contributed by atoms with Gasteiger partial charge in [0.05, 0.1) is 5.69 Å². The van der Waals surface area contributed by atoms with Crippen molar-refractivity contribution in [2.45, 2.75) is 38.6 Å². The van der Waals surface area contributed by atoms with Gasteiger partial charge in [0.2, 0.25) is 0 Å². The van der Waals surface area contributed by atoms with E-state index in [2.05, 4.69) is 34.1 Å². The van der Waals surface area contributed by atoms with Crippen LogP contribution in [0.3, 0.4) is 0 Å². The second kappa shape index (κ2) is 4.42. The number of imidazole rings is 1. The smallest absolute Gasteiger partial charge is 0.193 e. The van der Waals surface area contributed by atoms with Gasteiger partial charge in [-0.25, -0.2) is 4.98 Å². The Morgan fingerprint density at radius 3 is 3.18 bits per heavy atom. The monoisotopic (exact) mass is 249 g/mol. The summed E-state index contributed by atoms with van der Waals surface area (Å²) in [6.07, 6.45) is 9.08. The zero-order chi connectivity index (χ0) is 11.8. The zero-order valence-electron chi connectivity index (χ0n) is 10.2. The highest BCUT2D eigenvalue weighted by molar-refractivity contribution is 7.15. The number of nitrogens with two attached hydrogens (primary N) is 1. The quantitative estimate of drug-likeness (QED) is 0.909. The molecular formula is C13H19N3S. The lowest BCUT2D eigenvalue weighted by atomic mass is 9.88. The van der Waals surface area contributed by atoms with Crippen molar-refractivity contribution in [2.75, 3.05) is 0 Å². The third-order valence-corrected chi connectivity index (χ3v) is 4.84. The lowest BCUT2D eigenvalue weighted by Gasteiger charge is -2.22. The summed E-state index contributed by atoms with van der Waals surface area (Å²) in [6.45, 7) is 2.34. The Labute approximate surface area is 106 Å². The Balaban J connectivity index is 1.72. The van der Waals surface area contributed by atoms with Crippen molar-refractivity contribution in [3.8, 4) is 0 Å². The summed E-state index contributed by atoms with van der Waals surface area (Å²) in [5.74, 6) is 1.48.